The van der Waals surface area contributed by atoms with Gasteiger partial charge in [-0.1, -0.05) is 39.8 Å². The van der Waals surface area contributed by atoms with Gasteiger partial charge < -0.3 is 4.74 Å². The first-order valence-electron chi connectivity index (χ1n) is 7.09. The molecule has 2 nitrogen and oxygen atoms in total. The molecule has 0 aromatic carbocycles. The van der Waals surface area contributed by atoms with Crippen LogP contribution in [0, 0.1) is 22.7 Å². The van der Waals surface area contributed by atoms with E-state index in [1.165, 1.54) is 6.42 Å². The second-order valence-corrected chi connectivity index (χ2v) is 7.03. The number of rotatable bonds is 3. The van der Waals surface area contributed by atoms with Crippen LogP contribution in [-0.4, -0.2) is 12.1 Å². The van der Waals surface area contributed by atoms with Crippen molar-refractivity contribution in [2.45, 2.75) is 60.0 Å². The van der Waals surface area contributed by atoms with Crippen molar-refractivity contribution in [2.75, 3.05) is 0 Å². The molecule has 3 saturated carbocycles. The minimum absolute atomic E-state index is 0.0162. The molecule has 3 aliphatic carbocycles. The van der Waals surface area contributed by atoms with Crippen molar-refractivity contribution in [2.24, 2.45) is 22.7 Å². The summed E-state index contributed by atoms with van der Waals surface area (Å²) in [7, 11) is 0. The second-order valence-electron chi connectivity index (χ2n) is 7.03. The lowest BCUT2D eigenvalue weighted by Crippen LogP contribution is -2.63. The predicted octanol–water partition coefficient (Wildman–Crippen LogP) is 3.96. The highest BCUT2D eigenvalue weighted by Crippen LogP contribution is 2.66. The van der Waals surface area contributed by atoms with Gasteiger partial charge in [-0.25, -0.2) is 0 Å². The van der Waals surface area contributed by atoms with E-state index in [-0.39, 0.29) is 17.5 Å². The Bertz CT molecular complexity index is 383. The van der Waals surface area contributed by atoms with E-state index in [4.69, 9.17) is 4.74 Å². The number of hydrogen-bond donors (Lipinski definition) is 0. The van der Waals surface area contributed by atoms with Crippen molar-refractivity contribution in [3.8, 4) is 0 Å². The summed E-state index contributed by atoms with van der Waals surface area (Å²) < 4.78 is 5.80. The van der Waals surface area contributed by atoms with Crippen molar-refractivity contribution >= 4 is 5.97 Å². The lowest BCUT2D eigenvalue weighted by atomic mass is 9.41. The molecule has 3 aliphatic rings. The fraction of sp³-hybridized carbons (Fsp3) is 0.812. The summed E-state index contributed by atoms with van der Waals surface area (Å²) >= 11 is 0. The minimum Gasteiger partial charge on any atom is -0.461 e. The van der Waals surface area contributed by atoms with Crippen molar-refractivity contribution < 1.29 is 9.53 Å². The summed E-state index contributed by atoms with van der Waals surface area (Å²) in [5, 5.41) is 0. The monoisotopic (exact) mass is 250 g/mol. The van der Waals surface area contributed by atoms with Crippen molar-refractivity contribution in [1.82, 2.24) is 0 Å². The van der Waals surface area contributed by atoms with Crippen LogP contribution in [0.3, 0.4) is 0 Å². The van der Waals surface area contributed by atoms with Crippen LogP contribution in [0.15, 0.2) is 12.2 Å². The zero-order valence-electron chi connectivity index (χ0n) is 12.4. The molecule has 18 heavy (non-hydrogen) atoms. The molecule has 0 radical (unpaired) electrons. The van der Waals surface area contributed by atoms with Crippen LogP contribution in [0.4, 0.5) is 0 Å². The van der Waals surface area contributed by atoms with E-state index < -0.39 is 0 Å². The third-order valence-corrected chi connectivity index (χ3v) is 5.73. The molecule has 0 saturated heterocycles. The molecule has 2 heteroatoms. The first-order valence-corrected chi connectivity index (χ1v) is 7.09. The van der Waals surface area contributed by atoms with Crippen molar-refractivity contribution in [1.29, 1.82) is 0 Å². The summed E-state index contributed by atoms with van der Waals surface area (Å²) in [6.07, 6.45) is 2.78. The topological polar surface area (TPSA) is 26.3 Å². The van der Waals surface area contributed by atoms with E-state index in [0.29, 0.717) is 17.8 Å². The van der Waals surface area contributed by atoms with Gasteiger partial charge in [0.05, 0.1) is 0 Å². The average molecular weight is 250 g/mol. The number of ether oxygens (including phenoxy) is 1. The van der Waals surface area contributed by atoms with Crippen LogP contribution in [0.5, 0.6) is 0 Å². The van der Waals surface area contributed by atoms with Crippen molar-refractivity contribution in [3.05, 3.63) is 12.2 Å². The smallest absolute Gasteiger partial charge is 0.305 e. The highest BCUT2D eigenvalue weighted by Gasteiger charge is 2.63. The standard InChI is InChI=1S/C16H26O2/c1-7-13(17)18-14-12-8-11(15(12,4)5)9-16(14,6)10(2)3/h11-12,14H,2,7-9H2,1,3-6H3. The second kappa shape index (κ2) is 4.11. The SMILES string of the molecule is C=C(C)C1(C)CC2CC(C1OC(=O)CC)C2(C)C. The molecule has 0 aromatic rings. The normalized spacial score (nSPS) is 40.8. The van der Waals surface area contributed by atoms with Crippen molar-refractivity contribution in [3.63, 3.8) is 0 Å². The van der Waals surface area contributed by atoms with Crippen LogP contribution in [-0.2, 0) is 9.53 Å². The Balaban J connectivity index is 2.28. The highest BCUT2D eigenvalue weighted by atomic mass is 16.5. The molecule has 0 spiro atoms. The Kier molecular flexibility index (Phi) is 3.11. The zero-order valence-corrected chi connectivity index (χ0v) is 12.4. The summed E-state index contributed by atoms with van der Waals surface area (Å²) in [6.45, 7) is 14.9. The first-order chi connectivity index (χ1) is 8.23. The van der Waals surface area contributed by atoms with Crippen LogP contribution in [0.2, 0.25) is 0 Å². The van der Waals surface area contributed by atoms with E-state index >= 15 is 0 Å². The number of hydrogen-bond acceptors (Lipinski definition) is 2. The number of fused-ring (bicyclic) bond motifs is 2. The minimum atomic E-state index is -0.0753. The van der Waals surface area contributed by atoms with Gasteiger partial charge in [0, 0.05) is 17.8 Å². The molecule has 102 valence electrons. The molecule has 0 amide bonds. The fourth-order valence-corrected chi connectivity index (χ4v) is 3.84. The summed E-state index contributed by atoms with van der Waals surface area (Å²) in [4.78, 5) is 11.7. The molecule has 0 heterocycles. The van der Waals surface area contributed by atoms with E-state index in [1.54, 1.807) is 0 Å². The predicted molar refractivity (Wildman–Crippen MR) is 73.1 cm³/mol. The van der Waals surface area contributed by atoms with E-state index in [1.807, 2.05) is 6.92 Å². The van der Waals surface area contributed by atoms with Gasteiger partial charge in [0.1, 0.15) is 6.10 Å². The largest absolute Gasteiger partial charge is 0.461 e. The van der Waals surface area contributed by atoms with Gasteiger partial charge >= 0.3 is 5.97 Å². The van der Waals surface area contributed by atoms with Gasteiger partial charge in [-0.3, -0.25) is 4.79 Å². The molecular weight excluding hydrogens is 224 g/mol. The molecular formula is C16H26O2. The number of carbonyl (C=O) groups is 1. The first kappa shape index (κ1) is 13.6. The Morgan fingerprint density at radius 1 is 1.39 bits per heavy atom. The molecule has 2 bridgehead atoms. The molecule has 4 atom stereocenters. The third-order valence-electron chi connectivity index (χ3n) is 5.73. The fourth-order valence-electron chi connectivity index (χ4n) is 3.84. The van der Waals surface area contributed by atoms with Gasteiger partial charge in [0.15, 0.2) is 0 Å². The van der Waals surface area contributed by atoms with Gasteiger partial charge in [0.25, 0.3) is 0 Å². The van der Waals surface area contributed by atoms with E-state index in [2.05, 4.69) is 34.3 Å². The highest BCUT2D eigenvalue weighted by molar-refractivity contribution is 5.69. The summed E-state index contributed by atoms with van der Waals surface area (Å²) in [6, 6.07) is 0. The Hall–Kier alpha value is -0.790. The third kappa shape index (κ3) is 1.72. The van der Waals surface area contributed by atoms with Gasteiger partial charge in [-0.05, 0) is 31.1 Å². The maximum atomic E-state index is 11.7. The molecule has 4 unspecified atom stereocenters. The summed E-state index contributed by atoms with van der Waals surface area (Å²) in [5.74, 6) is 1.17. The molecule has 0 N–H and O–H groups in total. The Morgan fingerprint density at radius 2 is 2.00 bits per heavy atom. The quantitative estimate of drug-likeness (QED) is 0.560. The molecule has 0 aliphatic heterocycles. The van der Waals surface area contributed by atoms with E-state index in [0.717, 1.165) is 17.9 Å². The summed E-state index contributed by atoms with van der Waals surface area (Å²) in [5.41, 5.74) is 1.43. The lowest BCUT2D eigenvalue weighted by molar-refractivity contribution is -0.214. The number of esters is 1. The molecule has 3 fully saturated rings. The van der Waals surface area contributed by atoms with Gasteiger partial charge in [-0.15, -0.1) is 0 Å². The maximum Gasteiger partial charge on any atom is 0.305 e. The van der Waals surface area contributed by atoms with Crippen LogP contribution in [0.25, 0.3) is 0 Å². The van der Waals surface area contributed by atoms with Crippen LogP contribution < -0.4 is 0 Å². The van der Waals surface area contributed by atoms with Crippen LogP contribution >= 0.6 is 0 Å². The Morgan fingerprint density at radius 3 is 2.44 bits per heavy atom. The average Bonchev–Trinajstić information content (AvgIpc) is 2.30. The van der Waals surface area contributed by atoms with Crippen LogP contribution in [0.1, 0.15) is 53.9 Å². The van der Waals surface area contributed by atoms with Gasteiger partial charge in [0.2, 0.25) is 0 Å². The zero-order chi connectivity index (χ0) is 13.7. The van der Waals surface area contributed by atoms with Gasteiger partial charge in [-0.2, -0.15) is 0 Å². The van der Waals surface area contributed by atoms with E-state index in [9.17, 15) is 4.79 Å². The molecule has 0 aromatic heterocycles. The maximum absolute atomic E-state index is 11.7. The number of carbonyl (C=O) groups excluding carboxylic acids is 1. The molecule has 3 rings (SSSR count). The lowest BCUT2D eigenvalue weighted by Gasteiger charge is -2.65. The Labute approximate surface area is 111 Å².